The molecule has 244 valence electrons. The fourth-order valence-corrected chi connectivity index (χ4v) is 5.13. The third-order valence-corrected chi connectivity index (χ3v) is 7.77. The Balaban J connectivity index is 4.21. The lowest BCUT2D eigenvalue weighted by molar-refractivity contribution is -0.123. The van der Waals surface area contributed by atoms with Crippen molar-refractivity contribution in [1.82, 2.24) is 5.32 Å². The SMILES string of the molecule is [2H]C([2H])([2H])C([2H])([2H])C([2H])([2H])CCCCCCCCCC/C=C/[C@@H](O)[C@H](COP(=O)(O)O)NC(=O)CCCCCCCCCCCCCC. The highest BCUT2D eigenvalue weighted by molar-refractivity contribution is 7.46. The minimum atomic E-state index is -4.77. The van der Waals surface area contributed by atoms with Gasteiger partial charge in [-0.3, -0.25) is 9.32 Å². The number of allylic oxidation sites excluding steroid dienone is 1. The number of nitrogens with one attached hydrogen (secondary N) is 1. The van der Waals surface area contributed by atoms with E-state index in [0.29, 0.717) is 25.7 Å². The molecule has 0 rings (SSSR count). The van der Waals surface area contributed by atoms with Gasteiger partial charge >= 0.3 is 7.82 Å². The Morgan fingerprint density at radius 2 is 1.32 bits per heavy atom. The average molecular weight is 611 g/mol. The number of amides is 1. The van der Waals surface area contributed by atoms with Gasteiger partial charge in [-0.05, 0) is 19.3 Å². The fraction of sp³-hybridized carbons (Fsp3) is 0.909. The molecule has 0 spiro atoms. The summed E-state index contributed by atoms with van der Waals surface area (Å²) in [4.78, 5) is 30.7. The number of hydrogen-bond donors (Lipinski definition) is 4. The van der Waals surface area contributed by atoms with Gasteiger partial charge in [0.15, 0.2) is 0 Å². The van der Waals surface area contributed by atoms with Crippen molar-refractivity contribution in [3.8, 4) is 0 Å². The molecule has 0 aliphatic rings. The summed E-state index contributed by atoms with van der Waals surface area (Å²) in [6.07, 6.45) is 18.6. The highest BCUT2D eigenvalue weighted by Crippen LogP contribution is 2.35. The van der Waals surface area contributed by atoms with Crippen LogP contribution in [-0.2, 0) is 13.9 Å². The van der Waals surface area contributed by atoms with Gasteiger partial charge in [-0.2, -0.15) is 0 Å². The Bertz CT molecular complexity index is 902. The van der Waals surface area contributed by atoms with E-state index in [1.807, 2.05) is 0 Å². The molecule has 0 aromatic heterocycles. The van der Waals surface area contributed by atoms with Crippen molar-refractivity contribution < 1.29 is 38.4 Å². The second-order valence-electron chi connectivity index (χ2n) is 11.2. The zero-order chi connectivity index (χ0) is 36.5. The molecule has 0 fully saturated rings. The van der Waals surface area contributed by atoms with E-state index < -0.39 is 46.2 Å². The molecule has 0 radical (unpaired) electrons. The second kappa shape index (κ2) is 29.4. The van der Waals surface area contributed by atoms with Crippen molar-refractivity contribution in [3.05, 3.63) is 12.2 Å². The smallest absolute Gasteiger partial charge is 0.387 e. The van der Waals surface area contributed by atoms with Gasteiger partial charge in [-0.1, -0.05) is 161 Å². The highest BCUT2D eigenvalue weighted by Gasteiger charge is 2.24. The molecule has 1 amide bonds. The maximum absolute atomic E-state index is 12.5. The molecule has 0 saturated heterocycles. The van der Waals surface area contributed by atoms with E-state index in [0.717, 1.165) is 57.8 Å². The number of phosphoric acid groups is 1. The van der Waals surface area contributed by atoms with Crippen LogP contribution >= 0.6 is 7.82 Å². The molecule has 8 heteroatoms. The Morgan fingerprint density at radius 3 is 1.83 bits per heavy atom. The van der Waals surface area contributed by atoms with Gasteiger partial charge in [0, 0.05) is 16.0 Å². The van der Waals surface area contributed by atoms with E-state index in [2.05, 4.69) is 16.8 Å². The average Bonchev–Trinajstić information content (AvgIpc) is 2.99. The van der Waals surface area contributed by atoms with Crippen LogP contribution < -0.4 is 5.32 Å². The Labute approximate surface area is 262 Å². The van der Waals surface area contributed by atoms with Crippen molar-refractivity contribution in [1.29, 1.82) is 0 Å². The first-order valence-electron chi connectivity index (χ1n) is 19.8. The van der Waals surface area contributed by atoms with Crippen LogP contribution in [0.4, 0.5) is 0 Å². The molecule has 0 aliphatic carbocycles. The predicted octanol–water partition coefficient (Wildman–Crippen LogP) is 9.29. The Kier molecular flexibility index (Phi) is 20.8. The van der Waals surface area contributed by atoms with Gasteiger partial charge in [-0.25, -0.2) is 4.57 Å². The largest absolute Gasteiger partial charge is 0.469 e. The van der Waals surface area contributed by atoms with E-state index in [1.54, 1.807) is 6.08 Å². The quantitative estimate of drug-likeness (QED) is 0.0353. The third-order valence-electron chi connectivity index (χ3n) is 7.28. The van der Waals surface area contributed by atoms with Crippen LogP contribution in [0, 0.1) is 0 Å². The summed E-state index contributed by atoms with van der Waals surface area (Å²) in [5, 5.41) is 13.3. The van der Waals surface area contributed by atoms with Crippen molar-refractivity contribution in [2.45, 2.75) is 186 Å². The Hall–Kier alpha value is -0.720. The van der Waals surface area contributed by atoms with Gasteiger partial charge in [-0.15, -0.1) is 0 Å². The summed E-state index contributed by atoms with van der Waals surface area (Å²) in [6.45, 7) is -1.30. The summed E-state index contributed by atoms with van der Waals surface area (Å²) in [7, 11) is -4.77. The van der Waals surface area contributed by atoms with Crippen molar-refractivity contribution in [2.24, 2.45) is 0 Å². The topological polar surface area (TPSA) is 116 Å². The van der Waals surface area contributed by atoms with E-state index in [9.17, 15) is 14.5 Å². The first kappa shape index (κ1) is 29.0. The monoisotopic (exact) mass is 611 g/mol. The normalized spacial score (nSPS) is 17.1. The van der Waals surface area contributed by atoms with E-state index in [-0.39, 0.29) is 18.7 Å². The molecule has 0 aliphatic heterocycles. The van der Waals surface area contributed by atoms with Gasteiger partial charge < -0.3 is 20.2 Å². The number of aliphatic hydroxyl groups excluding tert-OH is 1. The zero-order valence-corrected chi connectivity index (χ0v) is 26.7. The lowest BCUT2D eigenvalue weighted by atomic mass is 10.0. The summed E-state index contributed by atoms with van der Waals surface area (Å²) < 4.78 is 68.6. The maximum atomic E-state index is 12.5. The molecule has 4 N–H and O–H groups in total. The molecule has 41 heavy (non-hydrogen) atoms. The minimum absolute atomic E-state index is 0.133. The van der Waals surface area contributed by atoms with Crippen LogP contribution in [0.3, 0.4) is 0 Å². The standard InChI is InChI=1S/C33H66NO6P/c1-3-5-7-9-11-13-15-17-18-20-22-24-26-28-32(35)31(30-40-41(37,38)39)34-33(36)29-27-25-23-21-19-16-14-12-10-8-6-4-2/h26,28,31-32,35H,3-25,27,29-30H2,1-2H3,(H,34,36)(H2,37,38,39)/b28-26+/t31-,32+/m0/s1/i1D3,3D2,5D2. The van der Waals surface area contributed by atoms with Crippen molar-refractivity contribution in [3.63, 3.8) is 0 Å². The van der Waals surface area contributed by atoms with Crippen molar-refractivity contribution in [2.75, 3.05) is 6.61 Å². The maximum Gasteiger partial charge on any atom is 0.469 e. The van der Waals surface area contributed by atoms with Crippen LogP contribution in [0.25, 0.3) is 0 Å². The predicted molar refractivity (Wildman–Crippen MR) is 172 cm³/mol. The molecule has 0 aromatic rings. The number of aliphatic hydroxyl groups is 1. The molecule has 0 heterocycles. The first-order valence-corrected chi connectivity index (χ1v) is 17.8. The van der Waals surface area contributed by atoms with Crippen LogP contribution in [0.15, 0.2) is 12.2 Å². The molecule has 0 saturated carbocycles. The third kappa shape index (κ3) is 30.5. The second-order valence-corrected chi connectivity index (χ2v) is 12.4. The van der Waals surface area contributed by atoms with Crippen LogP contribution in [0.1, 0.15) is 184 Å². The fourth-order valence-electron chi connectivity index (χ4n) is 4.78. The highest BCUT2D eigenvalue weighted by atomic mass is 31.2. The first-order chi connectivity index (χ1) is 22.4. The molecule has 0 aromatic carbocycles. The lowest BCUT2D eigenvalue weighted by Gasteiger charge is -2.22. The van der Waals surface area contributed by atoms with Gasteiger partial charge in [0.25, 0.3) is 0 Å². The number of unbranched alkanes of at least 4 members (excludes halogenated alkanes) is 19. The summed E-state index contributed by atoms with van der Waals surface area (Å²) >= 11 is 0. The number of carbonyl (C=O) groups is 1. The van der Waals surface area contributed by atoms with E-state index >= 15 is 0 Å². The van der Waals surface area contributed by atoms with E-state index in [1.165, 1.54) is 57.4 Å². The minimum Gasteiger partial charge on any atom is -0.387 e. The van der Waals surface area contributed by atoms with Crippen molar-refractivity contribution >= 4 is 13.7 Å². The summed E-state index contributed by atoms with van der Waals surface area (Å²) in [5.74, 6) is -0.288. The zero-order valence-electron chi connectivity index (χ0n) is 32.8. The number of rotatable bonds is 31. The molecule has 0 unspecified atom stereocenters. The number of carbonyl (C=O) groups excluding carboxylic acids is 1. The summed E-state index contributed by atoms with van der Waals surface area (Å²) in [6, 6.07) is -0.985. The van der Waals surface area contributed by atoms with Gasteiger partial charge in [0.05, 0.1) is 18.8 Å². The summed E-state index contributed by atoms with van der Waals surface area (Å²) in [5.41, 5.74) is 0. The van der Waals surface area contributed by atoms with Gasteiger partial charge in [0.1, 0.15) is 0 Å². The Morgan fingerprint density at radius 1 is 0.829 bits per heavy atom. The number of hydrogen-bond acceptors (Lipinski definition) is 4. The number of phosphoric ester groups is 1. The van der Waals surface area contributed by atoms with E-state index in [4.69, 9.17) is 19.4 Å². The lowest BCUT2D eigenvalue weighted by Crippen LogP contribution is -2.45. The van der Waals surface area contributed by atoms with Gasteiger partial charge in [0.2, 0.25) is 5.91 Å². The van der Waals surface area contributed by atoms with Crippen LogP contribution in [0.2, 0.25) is 0 Å². The van der Waals surface area contributed by atoms with Crippen LogP contribution in [0.5, 0.6) is 0 Å². The van der Waals surface area contributed by atoms with Crippen LogP contribution in [-0.4, -0.2) is 39.6 Å². The molecular formula is C33H66NO6P. The molecular weight excluding hydrogens is 537 g/mol. The molecule has 2 atom stereocenters. The molecule has 0 bridgehead atoms. The molecule has 7 nitrogen and oxygen atoms in total.